The van der Waals surface area contributed by atoms with E-state index in [1.54, 1.807) is 25.3 Å². The number of methoxy groups -OCH3 is 1. The highest BCUT2D eigenvalue weighted by Gasteiger charge is 2.18. The molecular weight excluding hydrogens is 291 g/mol. The average molecular weight is 303 g/mol. The van der Waals surface area contributed by atoms with Crippen molar-refractivity contribution in [3.63, 3.8) is 0 Å². The predicted molar refractivity (Wildman–Crippen MR) is 76.1 cm³/mol. The van der Waals surface area contributed by atoms with Gasteiger partial charge in [0.2, 0.25) is 0 Å². The third-order valence-electron chi connectivity index (χ3n) is 2.67. The number of thiophene rings is 1. The molecule has 0 aliphatic heterocycles. The molecule has 1 unspecified atom stereocenters. The second-order valence-corrected chi connectivity index (χ2v) is 5.59. The molecule has 0 fully saturated rings. The summed E-state index contributed by atoms with van der Waals surface area (Å²) >= 11 is 13.6. The Hall–Kier alpha value is -0.740. The van der Waals surface area contributed by atoms with Crippen LogP contribution < -0.4 is 4.74 Å². The van der Waals surface area contributed by atoms with Crippen LogP contribution in [0.15, 0.2) is 23.6 Å². The quantitative estimate of drug-likeness (QED) is 0.907. The number of aliphatic hydroxyl groups excluding tert-OH is 1. The molecule has 0 spiro atoms. The number of benzene rings is 1. The fraction of sp³-hybridized carbons (Fsp3) is 0.231. The number of halogens is 2. The normalized spacial score (nSPS) is 12.5. The fourth-order valence-corrected chi connectivity index (χ4v) is 3.21. The van der Waals surface area contributed by atoms with Crippen molar-refractivity contribution in [1.82, 2.24) is 0 Å². The highest BCUT2D eigenvalue weighted by molar-refractivity contribution is 7.10. The molecule has 2 nitrogen and oxygen atoms in total. The SMILES string of the molecule is COc1ccc(C(O)c2scc(C)c2Cl)cc1Cl. The highest BCUT2D eigenvalue weighted by Crippen LogP contribution is 2.37. The molecule has 2 aromatic rings. The number of ether oxygens (including phenoxy) is 1. The van der Waals surface area contributed by atoms with Crippen LogP contribution in [0.5, 0.6) is 5.75 Å². The zero-order chi connectivity index (χ0) is 13.3. The van der Waals surface area contributed by atoms with Gasteiger partial charge in [-0.25, -0.2) is 0 Å². The van der Waals surface area contributed by atoms with Gasteiger partial charge in [0.1, 0.15) is 11.9 Å². The van der Waals surface area contributed by atoms with Crippen molar-refractivity contribution in [2.24, 2.45) is 0 Å². The minimum atomic E-state index is -0.764. The Morgan fingerprint density at radius 3 is 2.56 bits per heavy atom. The van der Waals surface area contributed by atoms with E-state index < -0.39 is 6.10 Å². The molecule has 96 valence electrons. The zero-order valence-corrected chi connectivity index (χ0v) is 12.2. The zero-order valence-electron chi connectivity index (χ0n) is 9.91. The molecule has 1 atom stereocenters. The second-order valence-electron chi connectivity index (χ2n) is 3.89. The van der Waals surface area contributed by atoms with E-state index in [1.165, 1.54) is 11.3 Å². The lowest BCUT2D eigenvalue weighted by Crippen LogP contribution is -1.98. The van der Waals surface area contributed by atoms with Gasteiger partial charge in [-0.2, -0.15) is 0 Å². The molecule has 0 bridgehead atoms. The molecule has 1 heterocycles. The smallest absolute Gasteiger partial charge is 0.137 e. The van der Waals surface area contributed by atoms with Crippen molar-refractivity contribution < 1.29 is 9.84 Å². The number of rotatable bonds is 3. The molecule has 1 aromatic heterocycles. The van der Waals surface area contributed by atoms with Crippen LogP contribution in [0, 0.1) is 6.92 Å². The van der Waals surface area contributed by atoms with Crippen LogP contribution >= 0.6 is 34.5 Å². The van der Waals surface area contributed by atoms with Crippen molar-refractivity contribution in [2.45, 2.75) is 13.0 Å². The summed E-state index contributed by atoms with van der Waals surface area (Å²) in [6, 6.07) is 5.20. The van der Waals surface area contributed by atoms with Gasteiger partial charge in [-0.3, -0.25) is 0 Å². The number of aliphatic hydroxyl groups is 1. The summed E-state index contributed by atoms with van der Waals surface area (Å²) in [5.74, 6) is 0.584. The van der Waals surface area contributed by atoms with Gasteiger partial charge in [-0.15, -0.1) is 11.3 Å². The fourth-order valence-electron chi connectivity index (χ4n) is 1.64. The van der Waals surface area contributed by atoms with Gasteiger partial charge in [0.05, 0.1) is 22.0 Å². The Labute approximate surface area is 120 Å². The first-order valence-corrected chi connectivity index (χ1v) is 6.93. The van der Waals surface area contributed by atoms with E-state index in [0.717, 1.165) is 10.4 Å². The summed E-state index contributed by atoms with van der Waals surface area (Å²) in [6.45, 7) is 1.91. The Kier molecular flexibility index (Phi) is 4.17. The van der Waals surface area contributed by atoms with Crippen LogP contribution in [0.25, 0.3) is 0 Å². The van der Waals surface area contributed by atoms with Crippen molar-refractivity contribution in [1.29, 1.82) is 0 Å². The summed E-state index contributed by atoms with van der Waals surface area (Å²) in [6.07, 6.45) is -0.764. The molecule has 0 aliphatic rings. The summed E-state index contributed by atoms with van der Waals surface area (Å²) in [4.78, 5) is 0.732. The monoisotopic (exact) mass is 302 g/mol. The third kappa shape index (κ3) is 2.50. The summed E-state index contributed by atoms with van der Waals surface area (Å²) in [7, 11) is 1.55. The molecule has 0 radical (unpaired) electrons. The van der Waals surface area contributed by atoms with E-state index >= 15 is 0 Å². The third-order valence-corrected chi connectivity index (χ3v) is 4.73. The molecule has 1 aromatic carbocycles. The highest BCUT2D eigenvalue weighted by atomic mass is 35.5. The second kappa shape index (κ2) is 5.49. The van der Waals surface area contributed by atoms with E-state index in [0.29, 0.717) is 21.4 Å². The van der Waals surface area contributed by atoms with Crippen molar-refractivity contribution in [2.75, 3.05) is 7.11 Å². The van der Waals surface area contributed by atoms with Crippen LogP contribution in [0.4, 0.5) is 0 Å². The Balaban J connectivity index is 2.37. The summed E-state index contributed by atoms with van der Waals surface area (Å²) in [5.41, 5.74) is 1.67. The predicted octanol–water partition coefficient (Wildman–Crippen LogP) is 4.45. The minimum absolute atomic E-state index is 0.471. The van der Waals surface area contributed by atoms with Gasteiger partial charge >= 0.3 is 0 Å². The largest absolute Gasteiger partial charge is 0.495 e. The van der Waals surface area contributed by atoms with Crippen LogP contribution in [-0.2, 0) is 0 Å². The van der Waals surface area contributed by atoms with Crippen LogP contribution in [-0.4, -0.2) is 12.2 Å². The number of hydrogen-bond acceptors (Lipinski definition) is 3. The first-order valence-electron chi connectivity index (χ1n) is 5.29. The lowest BCUT2D eigenvalue weighted by molar-refractivity contribution is 0.224. The van der Waals surface area contributed by atoms with Crippen LogP contribution in [0.3, 0.4) is 0 Å². The first-order chi connectivity index (χ1) is 8.54. The molecule has 0 aliphatic carbocycles. The van der Waals surface area contributed by atoms with Crippen molar-refractivity contribution in [3.05, 3.63) is 49.6 Å². The molecular formula is C13H12Cl2O2S. The van der Waals surface area contributed by atoms with Gasteiger partial charge < -0.3 is 9.84 Å². The Morgan fingerprint density at radius 1 is 1.33 bits per heavy atom. The molecule has 0 saturated carbocycles. The Morgan fingerprint density at radius 2 is 2.06 bits per heavy atom. The minimum Gasteiger partial charge on any atom is -0.495 e. The van der Waals surface area contributed by atoms with E-state index in [4.69, 9.17) is 27.9 Å². The topological polar surface area (TPSA) is 29.5 Å². The summed E-state index contributed by atoms with van der Waals surface area (Å²) < 4.78 is 5.08. The van der Waals surface area contributed by atoms with Crippen LogP contribution in [0.1, 0.15) is 22.1 Å². The number of aryl methyl sites for hydroxylation is 1. The maximum absolute atomic E-state index is 10.3. The standard InChI is InChI=1S/C13H12Cl2O2S/c1-7-6-18-13(11(7)15)12(16)8-3-4-10(17-2)9(14)5-8/h3-6,12,16H,1-2H3. The molecule has 0 saturated heterocycles. The van der Waals surface area contributed by atoms with Gasteiger partial charge in [-0.05, 0) is 35.6 Å². The van der Waals surface area contributed by atoms with Gasteiger partial charge in [0, 0.05) is 0 Å². The first kappa shape index (κ1) is 13.7. The lowest BCUT2D eigenvalue weighted by Gasteiger charge is -2.12. The van der Waals surface area contributed by atoms with Crippen molar-refractivity contribution >= 4 is 34.5 Å². The van der Waals surface area contributed by atoms with Gasteiger partial charge in [0.25, 0.3) is 0 Å². The average Bonchev–Trinajstić information content (AvgIpc) is 2.69. The summed E-state index contributed by atoms with van der Waals surface area (Å²) in [5, 5.41) is 13.3. The molecule has 1 N–H and O–H groups in total. The lowest BCUT2D eigenvalue weighted by atomic mass is 10.1. The van der Waals surface area contributed by atoms with E-state index in [9.17, 15) is 5.11 Å². The molecule has 5 heteroatoms. The Bertz CT molecular complexity index is 566. The number of hydrogen-bond donors (Lipinski definition) is 1. The van der Waals surface area contributed by atoms with E-state index in [2.05, 4.69) is 0 Å². The van der Waals surface area contributed by atoms with Gasteiger partial charge in [-0.1, -0.05) is 29.3 Å². The maximum atomic E-state index is 10.3. The molecule has 0 amide bonds. The van der Waals surface area contributed by atoms with Crippen LogP contribution in [0.2, 0.25) is 10.0 Å². The van der Waals surface area contributed by atoms with E-state index in [1.807, 2.05) is 12.3 Å². The van der Waals surface area contributed by atoms with Crippen molar-refractivity contribution in [3.8, 4) is 5.75 Å². The molecule has 18 heavy (non-hydrogen) atoms. The van der Waals surface area contributed by atoms with Gasteiger partial charge in [0.15, 0.2) is 0 Å². The molecule has 2 rings (SSSR count). The maximum Gasteiger partial charge on any atom is 0.137 e. The van der Waals surface area contributed by atoms with E-state index in [-0.39, 0.29) is 0 Å².